The average molecular weight is 519 g/mol. The molecule has 1 aliphatic rings. The Bertz CT molecular complexity index is 1290. The fourth-order valence-corrected chi connectivity index (χ4v) is 5.41. The maximum absolute atomic E-state index is 13.1. The quantitative estimate of drug-likeness (QED) is 0.391. The highest BCUT2D eigenvalue weighted by Gasteiger charge is 2.36. The smallest absolute Gasteiger partial charge is 0.280 e. The lowest BCUT2D eigenvalue weighted by atomic mass is 10.1. The van der Waals surface area contributed by atoms with Crippen molar-refractivity contribution in [1.82, 2.24) is 25.3 Å². The van der Waals surface area contributed by atoms with Gasteiger partial charge in [-0.2, -0.15) is 0 Å². The summed E-state index contributed by atoms with van der Waals surface area (Å²) in [7, 11) is -1.91. The van der Waals surface area contributed by atoms with Crippen molar-refractivity contribution in [2.24, 2.45) is 0 Å². The van der Waals surface area contributed by atoms with E-state index in [1.54, 1.807) is 31.5 Å². The van der Waals surface area contributed by atoms with E-state index in [0.717, 1.165) is 11.3 Å². The fraction of sp³-hybridized carbons (Fsp3) is 0.409. The number of anilines is 1. The molecular weight excluding hydrogens is 492 g/mol. The molecule has 0 saturated heterocycles. The Labute approximate surface area is 207 Å². The van der Waals surface area contributed by atoms with E-state index in [0.29, 0.717) is 47.3 Å². The Hall–Kier alpha value is -3.16. The van der Waals surface area contributed by atoms with Crippen LogP contribution >= 0.6 is 11.3 Å². The highest BCUT2D eigenvalue weighted by molar-refractivity contribution is 7.93. The van der Waals surface area contributed by atoms with Gasteiger partial charge >= 0.3 is 0 Å². The van der Waals surface area contributed by atoms with Crippen LogP contribution in [0.1, 0.15) is 48.2 Å². The molecule has 0 bridgehead atoms. The van der Waals surface area contributed by atoms with Gasteiger partial charge in [0.25, 0.3) is 5.91 Å². The molecule has 11 nitrogen and oxygen atoms in total. The molecule has 3 aromatic heterocycles. The summed E-state index contributed by atoms with van der Waals surface area (Å²) < 4.78 is 38.1. The molecule has 35 heavy (non-hydrogen) atoms. The first-order chi connectivity index (χ1) is 16.8. The van der Waals surface area contributed by atoms with E-state index >= 15 is 0 Å². The van der Waals surface area contributed by atoms with Crippen LogP contribution in [-0.4, -0.2) is 59.3 Å². The van der Waals surface area contributed by atoms with E-state index in [4.69, 9.17) is 9.47 Å². The Morgan fingerprint density at radius 3 is 2.77 bits per heavy atom. The van der Waals surface area contributed by atoms with Crippen molar-refractivity contribution in [3.8, 4) is 16.5 Å². The molecule has 0 unspecified atom stereocenters. The number of methoxy groups -OCH3 is 1. The minimum atomic E-state index is -3.43. The highest BCUT2D eigenvalue weighted by Crippen LogP contribution is 2.30. The topological polar surface area (TPSA) is 145 Å². The molecule has 0 radical (unpaired) electrons. The number of nitrogens with one attached hydrogen (secondary N) is 2. The molecular formula is C22H26N6O5S2. The zero-order valence-corrected chi connectivity index (χ0v) is 21.1. The van der Waals surface area contributed by atoms with Gasteiger partial charge in [-0.05, 0) is 38.8 Å². The molecule has 4 rings (SSSR count). The first-order valence-corrected chi connectivity index (χ1v) is 13.4. The zero-order valence-electron chi connectivity index (χ0n) is 19.5. The van der Waals surface area contributed by atoms with Crippen LogP contribution in [-0.2, 0) is 14.8 Å². The molecule has 13 heteroatoms. The summed E-state index contributed by atoms with van der Waals surface area (Å²) in [6.07, 6.45) is 7.01. The molecule has 3 heterocycles. The SMILES string of the molecule is CCOc1cncc(-c2cnc(C(=O)N[C@H](c3cc(NS(=O)(=O)C4CC4)ccn3)[C@@H](C)OC)s2)n1. The number of hydrogen-bond donors (Lipinski definition) is 2. The van der Waals surface area contributed by atoms with E-state index in [1.165, 1.54) is 19.5 Å². The number of thiazole rings is 1. The Morgan fingerprint density at radius 1 is 1.26 bits per heavy atom. The average Bonchev–Trinajstić information content (AvgIpc) is 3.60. The number of aromatic nitrogens is 4. The molecule has 186 valence electrons. The molecule has 1 amide bonds. The van der Waals surface area contributed by atoms with Crippen molar-refractivity contribution in [3.05, 3.63) is 47.6 Å². The van der Waals surface area contributed by atoms with Crippen LogP contribution in [0, 0.1) is 0 Å². The lowest BCUT2D eigenvalue weighted by Gasteiger charge is -2.23. The number of amides is 1. The summed E-state index contributed by atoms with van der Waals surface area (Å²) in [5, 5.41) is 2.77. The Balaban J connectivity index is 1.52. The molecule has 1 saturated carbocycles. The Kier molecular flexibility index (Phi) is 7.57. The summed E-state index contributed by atoms with van der Waals surface area (Å²) in [6.45, 7) is 4.11. The highest BCUT2D eigenvalue weighted by atomic mass is 32.2. The van der Waals surface area contributed by atoms with E-state index in [-0.39, 0.29) is 10.3 Å². The van der Waals surface area contributed by atoms with Gasteiger partial charge in [0.15, 0.2) is 5.01 Å². The maximum atomic E-state index is 13.1. The minimum absolute atomic E-state index is 0.225. The first-order valence-electron chi connectivity index (χ1n) is 11.0. The first kappa shape index (κ1) is 24.9. The second-order valence-corrected chi connectivity index (χ2v) is 10.9. The van der Waals surface area contributed by atoms with E-state index < -0.39 is 28.1 Å². The van der Waals surface area contributed by atoms with Gasteiger partial charge in [-0.3, -0.25) is 19.5 Å². The van der Waals surface area contributed by atoms with Crippen LogP contribution in [0.4, 0.5) is 5.69 Å². The second-order valence-electron chi connectivity index (χ2n) is 7.91. The van der Waals surface area contributed by atoms with Crippen molar-refractivity contribution in [1.29, 1.82) is 0 Å². The lowest BCUT2D eigenvalue weighted by Crippen LogP contribution is -2.36. The predicted molar refractivity (Wildman–Crippen MR) is 131 cm³/mol. The van der Waals surface area contributed by atoms with Crippen LogP contribution in [0.25, 0.3) is 10.6 Å². The molecule has 3 aromatic rings. The van der Waals surface area contributed by atoms with Crippen LogP contribution in [0.5, 0.6) is 5.88 Å². The Morgan fingerprint density at radius 2 is 2.06 bits per heavy atom. The van der Waals surface area contributed by atoms with Crippen molar-refractivity contribution >= 4 is 33.0 Å². The van der Waals surface area contributed by atoms with Gasteiger partial charge in [-0.15, -0.1) is 11.3 Å². The van der Waals surface area contributed by atoms with Gasteiger partial charge in [0.2, 0.25) is 15.9 Å². The van der Waals surface area contributed by atoms with E-state index in [2.05, 4.69) is 30.0 Å². The number of carbonyl (C=O) groups is 1. The van der Waals surface area contributed by atoms with Gasteiger partial charge in [-0.25, -0.2) is 18.4 Å². The van der Waals surface area contributed by atoms with Gasteiger partial charge in [0.1, 0.15) is 5.69 Å². The van der Waals surface area contributed by atoms with Crippen molar-refractivity contribution in [2.45, 2.75) is 44.1 Å². The normalized spacial score (nSPS) is 15.3. The minimum Gasteiger partial charge on any atom is -0.477 e. The molecule has 2 N–H and O–H groups in total. The van der Waals surface area contributed by atoms with Crippen LogP contribution in [0.3, 0.4) is 0 Å². The van der Waals surface area contributed by atoms with Crippen molar-refractivity contribution in [2.75, 3.05) is 18.4 Å². The third-order valence-electron chi connectivity index (χ3n) is 5.31. The number of carbonyl (C=O) groups excluding carboxylic acids is 1. The second kappa shape index (κ2) is 10.6. The molecule has 2 atom stereocenters. The maximum Gasteiger partial charge on any atom is 0.280 e. The van der Waals surface area contributed by atoms with Crippen LogP contribution < -0.4 is 14.8 Å². The zero-order chi connectivity index (χ0) is 25.0. The summed E-state index contributed by atoms with van der Waals surface area (Å²) >= 11 is 1.16. The molecule has 0 aromatic carbocycles. The van der Waals surface area contributed by atoms with E-state index in [9.17, 15) is 13.2 Å². The standard InChI is InChI=1S/C22H26N6O5S2/c1-4-33-19-12-23-10-17(26-19)18-11-25-22(34-18)21(29)27-20(13(2)32-3)16-9-14(7-8-24-16)28-35(30,31)15-5-6-15/h7-13,15,20H,4-6H2,1-3H3,(H,24,28)(H,27,29)/t13-,20+/m1/s1. The molecule has 1 aliphatic carbocycles. The molecule has 1 fully saturated rings. The number of pyridine rings is 1. The number of ether oxygens (including phenoxy) is 2. The van der Waals surface area contributed by atoms with Crippen LogP contribution in [0.15, 0.2) is 36.9 Å². The summed E-state index contributed by atoms with van der Waals surface area (Å²) in [5.41, 5.74) is 1.39. The summed E-state index contributed by atoms with van der Waals surface area (Å²) in [4.78, 5) is 30.8. The molecule has 0 spiro atoms. The lowest BCUT2D eigenvalue weighted by molar-refractivity contribution is 0.0687. The van der Waals surface area contributed by atoms with Gasteiger partial charge in [-0.1, -0.05) is 0 Å². The monoisotopic (exact) mass is 518 g/mol. The number of nitrogens with zero attached hydrogens (tertiary/aromatic N) is 4. The third-order valence-corrected chi connectivity index (χ3v) is 8.20. The summed E-state index contributed by atoms with van der Waals surface area (Å²) in [6, 6.07) is 2.53. The van der Waals surface area contributed by atoms with Crippen molar-refractivity contribution < 1.29 is 22.7 Å². The third kappa shape index (κ3) is 6.10. The van der Waals surface area contributed by atoms with Gasteiger partial charge < -0.3 is 14.8 Å². The summed E-state index contributed by atoms with van der Waals surface area (Å²) in [5.74, 6) is -0.0310. The number of hydrogen-bond acceptors (Lipinski definition) is 10. The van der Waals surface area contributed by atoms with Crippen LogP contribution in [0.2, 0.25) is 0 Å². The van der Waals surface area contributed by atoms with Gasteiger partial charge in [0, 0.05) is 19.5 Å². The molecule has 0 aliphatic heterocycles. The number of sulfonamides is 1. The van der Waals surface area contributed by atoms with Gasteiger partial charge in [0.05, 0.1) is 52.7 Å². The fourth-order valence-electron chi connectivity index (χ4n) is 3.26. The van der Waals surface area contributed by atoms with E-state index in [1.807, 2.05) is 6.92 Å². The largest absolute Gasteiger partial charge is 0.477 e. The number of rotatable bonds is 11. The van der Waals surface area contributed by atoms with Crippen molar-refractivity contribution in [3.63, 3.8) is 0 Å². The predicted octanol–water partition coefficient (Wildman–Crippen LogP) is 2.80.